The second-order valence-electron chi connectivity index (χ2n) is 5.09. The second-order valence-corrected chi connectivity index (χ2v) is 5.50. The van der Waals surface area contributed by atoms with E-state index in [1.807, 2.05) is 32.0 Å². The number of nitro benzene ring substituents is 1. The molecule has 0 fully saturated rings. The molecule has 0 atom stereocenters. The zero-order valence-electron chi connectivity index (χ0n) is 13.1. The summed E-state index contributed by atoms with van der Waals surface area (Å²) in [4.78, 5) is 10.2. The van der Waals surface area contributed by atoms with E-state index in [1.165, 1.54) is 24.4 Å². The molecule has 0 amide bonds. The molecular weight excluding hydrogens is 328 g/mol. The average molecular weight is 344 g/mol. The molecule has 2 aromatic carbocycles. The van der Waals surface area contributed by atoms with Crippen molar-refractivity contribution in [3.63, 3.8) is 0 Å². The standard InChI is InChI=1S/C16H16N4O3S/c1-10-4-3-5-11(2)15(10)18-16(24)19-17-9-12-8-13(20(22)23)6-7-14(12)21/h3-9,21H,1-2H3,(H2,18,19,24)/b17-9-. The number of thiocarbonyl (C=S) groups is 1. The van der Waals surface area contributed by atoms with Crippen LogP contribution in [0.25, 0.3) is 0 Å². The highest BCUT2D eigenvalue weighted by Crippen LogP contribution is 2.21. The summed E-state index contributed by atoms with van der Waals surface area (Å²) in [5, 5.41) is 27.7. The monoisotopic (exact) mass is 344 g/mol. The number of hydrogen-bond donors (Lipinski definition) is 3. The fourth-order valence-electron chi connectivity index (χ4n) is 2.07. The molecule has 0 saturated heterocycles. The summed E-state index contributed by atoms with van der Waals surface area (Å²) in [6.45, 7) is 3.92. The van der Waals surface area contributed by atoms with Gasteiger partial charge in [-0.3, -0.25) is 15.5 Å². The lowest BCUT2D eigenvalue weighted by Gasteiger charge is -2.12. The van der Waals surface area contributed by atoms with Crippen LogP contribution in [0.5, 0.6) is 5.75 Å². The highest BCUT2D eigenvalue weighted by molar-refractivity contribution is 7.80. The largest absolute Gasteiger partial charge is 0.507 e. The number of phenolic OH excluding ortho intramolecular Hbond substituents is 1. The molecule has 0 aliphatic heterocycles. The van der Waals surface area contributed by atoms with Crippen molar-refractivity contribution in [3.8, 4) is 5.75 Å². The quantitative estimate of drug-likeness (QED) is 0.341. The Hall–Kier alpha value is -3.00. The van der Waals surface area contributed by atoms with Crippen LogP contribution in [0.4, 0.5) is 11.4 Å². The second kappa shape index (κ2) is 7.51. The van der Waals surface area contributed by atoms with Gasteiger partial charge in [0.25, 0.3) is 5.69 Å². The first-order valence-corrected chi connectivity index (χ1v) is 7.43. The van der Waals surface area contributed by atoms with Gasteiger partial charge in [-0.25, -0.2) is 0 Å². The molecule has 0 heterocycles. The molecule has 7 nitrogen and oxygen atoms in total. The third-order valence-electron chi connectivity index (χ3n) is 3.31. The first-order valence-electron chi connectivity index (χ1n) is 7.02. The normalized spacial score (nSPS) is 10.6. The van der Waals surface area contributed by atoms with Crippen LogP contribution < -0.4 is 10.7 Å². The van der Waals surface area contributed by atoms with Gasteiger partial charge in [0.05, 0.1) is 11.1 Å². The summed E-state index contributed by atoms with van der Waals surface area (Å²) in [6, 6.07) is 9.56. The molecule has 124 valence electrons. The highest BCUT2D eigenvalue weighted by Gasteiger charge is 2.09. The van der Waals surface area contributed by atoms with Crippen LogP contribution in [0.15, 0.2) is 41.5 Å². The van der Waals surface area contributed by atoms with E-state index in [2.05, 4.69) is 15.8 Å². The van der Waals surface area contributed by atoms with Crippen LogP contribution in [0.1, 0.15) is 16.7 Å². The number of nitro groups is 1. The van der Waals surface area contributed by atoms with E-state index in [0.29, 0.717) is 0 Å². The van der Waals surface area contributed by atoms with E-state index in [4.69, 9.17) is 12.2 Å². The van der Waals surface area contributed by atoms with Crippen molar-refractivity contribution in [2.24, 2.45) is 5.10 Å². The summed E-state index contributed by atoms with van der Waals surface area (Å²) in [5.41, 5.74) is 5.67. The van der Waals surface area contributed by atoms with Crippen LogP contribution in [0, 0.1) is 24.0 Å². The molecule has 0 spiro atoms. The number of nitrogens with one attached hydrogen (secondary N) is 2. The molecule has 0 aliphatic carbocycles. The summed E-state index contributed by atoms with van der Waals surface area (Å²) in [6.07, 6.45) is 1.26. The lowest BCUT2D eigenvalue weighted by atomic mass is 10.1. The van der Waals surface area contributed by atoms with Gasteiger partial charge in [-0.15, -0.1) is 0 Å². The van der Waals surface area contributed by atoms with E-state index in [9.17, 15) is 15.2 Å². The van der Waals surface area contributed by atoms with Crippen molar-refractivity contribution in [2.75, 3.05) is 5.32 Å². The van der Waals surface area contributed by atoms with E-state index in [0.717, 1.165) is 16.8 Å². The SMILES string of the molecule is Cc1cccc(C)c1NC(=S)N/N=C\c1cc([N+](=O)[O-])ccc1O. The minimum absolute atomic E-state index is 0.111. The molecule has 8 heteroatoms. The average Bonchev–Trinajstić information content (AvgIpc) is 2.52. The Labute approximate surface area is 144 Å². The van der Waals surface area contributed by atoms with Gasteiger partial charge in [-0.1, -0.05) is 18.2 Å². The number of non-ortho nitro benzene ring substituents is 1. The molecule has 0 bridgehead atoms. The van der Waals surface area contributed by atoms with Crippen LogP contribution in [0.2, 0.25) is 0 Å². The number of hydrazone groups is 1. The van der Waals surface area contributed by atoms with Crippen molar-refractivity contribution < 1.29 is 10.0 Å². The first kappa shape index (κ1) is 17.4. The van der Waals surface area contributed by atoms with Crippen LogP contribution in [0.3, 0.4) is 0 Å². The molecule has 2 aromatic rings. The molecule has 0 saturated carbocycles. The summed E-state index contributed by atoms with van der Waals surface area (Å²) < 4.78 is 0. The van der Waals surface area contributed by atoms with Gasteiger partial charge in [0, 0.05) is 23.4 Å². The number of phenols is 1. The Morgan fingerprint density at radius 3 is 2.58 bits per heavy atom. The number of aryl methyl sites for hydroxylation is 2. The Morgan fingerprint density at radius 2 is 1.96 bits per heavy atom. The van der Waals surface area contributed by atoms with Gasteiger partial charge in [0.15, 0.2) is 5.11 Å². The van der Waals surface area contributed by atoms with Crippen molar-refractivity contribution in [1.29, 1.82) is 0 Å². The lowest BCUT2D eigenvalue weighted by molar-refractivity contribution is -0.384. The maximum Gasteiger partial charge on any atom is 0.270 e. The fourth-order valence-corrected chi connectivity index (χ4v) is 2.23. The molecular formula is C16H16N4O3S. The molecule has 0 aliphatic rings. The molecule has 0 aromatic heterocycles. The number of aromatic hydroxyl groups is 1. The van der Waals surface area contributed by atoms with Crippen LogP contribution in [-0.2, 0) is 0 Å². The summed E-state index contributed by atoms with van der Waals surface area (Å²) in [7, 11) is 0. The third kappa shape index (κ3) is 4.26. The Kier molecular flexibility index (Phi) is 5.43. The van der Waals surface area contributed by atoms with Gasteiger partial charge in [-0.2, -0.15) is 5.10 Å². The van der Waals surface area contributed by atoms with E-state index in [-0.39, 0.29) is 22.1 Å². The molecule has 2 rings (SSSR count). The van der Waals surface area contributed by atoms with E-state index in [1.54, 1.807) is 0 Å². The lowest BCUT2D eigenvalue weighted by Crippen LogP contribution is -2.24. The number of para-hydroxylation sites is 1. The Balaban J connectivity index is 2.05. The maximum atomic E-state index is 10.7. The third-order valence-corrected chi connectivity index (χ3v) is 3.50. The minimum Gasteiger partial charge on any atom is -0.507 e. The molecule has 24 heavy (non-hydrogen) atoms. The number of benzene rings is 2. The fraction of sp³-hybridized carbons (Fsp3) is 0.125. The number of rotatable bonds is 4. The number of hydrogen-bond acceptors (Lipinski definition) is 5. The van der Waals surface area contributed by atoms with Crippen LogP contribution in [-0.4, -0.2) is 21.4 Å². The van der Waals surface area contributed by atoms with E-state index < -0.39 is 4.92 Å². The summed E-state index contributed by atoms with van der Waals surface area (Å²) >= 11 is 5.16. The van der Waals surface area contributed by atoms with Crippen molar-refractivity contribution in [1.82, 2.24) is 5.43 Å². The van der Waals surface area contributed by atoms with Gasteiger partial charge in [-0.05, 0) is 43.3 Å². The van der Waals surface area contributed by atoms with Gasteiger partial charge in [0.1, 0.15) is 5.75 Å². The Morgan fingerprint density at radius 1 is 1.29 bits per heavy atom. The van der Waals surface area contributed by atoms with Crippen molar-refractivity contribution in [2.45, 2.75) is 13.8 Å². The van der Waals surface area contributed by atoms with Crippen molar-refractivity contribution >= 4 is 34.9 Å². The Bertz CT molecular complexity index is 801. The topological polar surface area (TPSA) is 99.8 Å². The number of anilines is 1. The summed E-state index contributed by atoms with van der Waals surface area (Å²) in [5.74, 6) is -0.111. The van der Waals surface area contributed by atoms with E-state index >= 15 is 0 Å². The highest BCUT2D eigenvalue weighted by atomic mass is 32.1. The predicted molar refractivity (Wildman–Crippen MR) is 97.6 cm³/mol. The predicted octanol–water partition coefficient (Wildman–Crippen LogP) is 3.24. The zero-order chi connectivity index (χ0) is 17.7. The van der Waals surface area contributed by atoms with Gasteiger partial charge >= 0.3 is 0 Å². The van der Waals surface area contributed by atoms with Gasteiger partial charge in [0.2, 0.25) is 0 Å². The van der Waals surface area contributed by atoms with Gasteiger partial charge < -0.3 is 10.4 Å². The van der Waals surface area contributed by atoms with Crippen LogP contribution >= 0.6 is 12.2 Å². The smallest absolute Gasteiger partial charge is 0.270 e. The maximum absolute atomic E-state index is 10.7. The minimum atomic E-state index is -0.544. The molecule has 3 N–H and O–H groups in total. The number of nitrogens with zero attached hydrogens (tertiary/aromatic N) is 2. The first-order chi connectivity index (χ1) is 11.4. The molecule has 0 radical (unpaired) electrons. The molecule has 0 unspecified atom stereocenters. The van der Waals surface area contributed by atoms with Crippen molar-refractivity contribution in [3.05, 3.63) is 63.2 Å². The zero-order valence-corrected chi connectivity index (χ0v) is 13.9.